The average Bonchev–Trinajstić information content (AvgIpc) is 3.21. The Morgan fingerprint density at radius 3 is 2.65 bits per heavy atom. The predicted molar refractivity (Wildman–Crippen MR) is 82.2 cm³/mol. The van der Waals surface area contributed by atoms with Gasteiger partial charge in [-0.1, -0.05) is 23.7 Å². The molecule has 0 spiro atoms. The van der Waals surface area contributed by atoms with Crippen molar-refractivity contribution < 1.29 is 0 Å². The van der Waals surface area contributed by atoms with Crippen molar-refractivity contribution in [2.75, 3.05) is 10.6 Å². The van der Waals surface area contributed by atoms with Gasteiger partial charge in [-0.25, -0.2) is 4.98 Å². The first-order valence-electron chi connectivity index (χ1n) is 6.79. The van der Waals surface area contributed by atoms with Gasteiger partial charge in [-0.3, -0.25) is 0 Å². The first kappa shape index (κ1) is 13.2. The van der Waals surface area contributed by atoms with Crippen LogP contribution in [-0.4, -0.2) is 16.0 Å². The van der Waals surface area contributed by atoms with Gasteiger partial charge in [0.25, 0.3) is 0 Å². The Bertz CT molecular complexity index is 593. The van der Waals surface area contributed by atoms with Crippen LogP contribution in [0.15, 0.2) is 30.3 Å². The van der Waals surface area contributed by atoms with Crippen LogP contribution in [0, 0.1) is 6.92 Å². The van der Waals surface area contributed by atoms with Crippen LogP contribution in [0.25, 0.3) is 0 Å². The Labute approximate surface area is 123 Å². The molecule has 0 amide bonds. The molecule has 0 bridgehead atoms. The standard InChI is InChI=1S/C15H17ClN4/c1-10-8-14(20-15(18-10)19-13-6-7-13)17-9-11-2-4-12(16)5-3-11/h2-5,8,13H,6-7,9H2,1H3,(H2,17,18,19,20). The summed E-state index contributed by atoms with van der Waals surface area (Å²) < 4.78 is 0. The molecule has 2 aromatic rings. The van der Waals surface area contributed by atoms with Crippen molar-refractivity contribution >= 4 is 23.4 Å². The van der Waals surface area contributed by atoms with Crippen LogP contribution >= 0.6 is 11.6 Å². The summed E-state index contributed by atoms with van der Waals surface area (Å²) in [5, 5.41) is 7.40. The minimum atomic E-state index is 0.556. The molecule has 0 aliphatic heterocycles. The van der Waals surface area contributed by atoms with Gasteiger partial charge in [0.1, 0.15) is 5.82 Å². The summed E-state index contributed by atoms with van der Waals surface area (Å²) in [5.41, 5.74) is 2.13. The molecule has 3 rings (SSSR count). The van der Waals surface area contributed by atoms with E-state index in [0.29, 0.717) is 12.0 Å². The fourth-order valence-corrected chi connectivity index (χ4v) is 2.05. The first-order chi connectivity index (χ1) is 9.69. The summed E-state index contributed by atoms with van der Waals surface area (Å²) in [6, 6.07) is 10.3. The third kappa shape index (κ3) is 3.61. The monoisotopic (exact) mass is 288 g/mol. The zero-order chi connectivity index (χ0) is 13.9. The lowest BCUT2D eigenvalue weighted by Gasteiger charge is -2.09. The van der Waals surface area contributed by atoms with Crippen LogP contribution in [0.2, 0.25) is 5.02 Å². The number of aryl methyl sites for hydroxylation is 1. The van der Waals surface area contributed by atoms with Gasteiger partial charge in [0.05, 0.1) is 0 Å². The number of anilines is 2. The second-order valence-electron chi connectivity index (χ2n) is 5.12. The Morgan fingerprint density at radius 2 is 1.95 bits per heavy atom. The molecule has 4 nitrogen and oxygen atoms in total. The van der Waals surface area contributed by atoms with Gasteiger partial charge >= 0.3 is 0 Å². The summed E-state index contributed by atoms with van der Waals surface area (Å²) in [4.78, 5) is 8.89. The predicted octanol–water partition coefficient (Wildman–Crippen LogP) is 3.62. The van der Waals surface area contributed by atoms with E-state index < -0.39 is 0 Å². The lowest BCUT2D eigenvalue weighted by molar-refractivity contribution is 1.01. The Balaban J connectivity index is 1.66. The van der Waals surface area contributed by atoms with Gasteiger partial charge in [0, 0.05) is 29.4 Å². The highest BCUT2D eigenvalue weighted by Gasteiger charge is 2.22. The first-order valence-corrected chi connectivity index (χ1v) is 7.17. The lowest BCUT2D eigenvalue weighted by atomic mass is 10.2. The second kappa shape index (κ2) is 5.67. The number of nitrogens with one attached hydrogen (secondary N) is 2. The maximum atomic E-state index is 5.88. The van der Waals surface area contributed by atoms with Crippen LogP contribution in [0.1, 0.15) is 24.1 Å². The summed E-state index contributed by atoms with van der Waals surface area (Å²) in [6.07, 6.45) is 2.43. The number of hydrogen-bond donors (Lipinski definition) is 2. The second-order valence-corrected chi connectivity index (χ2v) is 5.55. The molecule has 104 valence electrons. The number of halogens is 1. The fourth-order valence-electron chi connectivity index (χ4n) is 1.93. The molecule has 1 aromatic carbocycles. The van der Waals surface area contributed by atoms with E-state index in [2.05, 4.69) is 20.6 Å². The maximum absolute atomic E-state index is 5.88. The highest BCUT2D eigenvalue weighted by Crippen LogP contribution is 2.23. The average molecular weight is 289 g/mol. The van der Waals surface area contributed by atoms with Crippen LogP contribution < -0.4 is 10.6 Å². The summed E-state index contributed by atoms with van der Waals surface area (Å²) in [6.45, 7) is 2.70. The highest BCUT2D eigenvalue weighted by atomic mass is 35.5. The van der Waals surface area contributed by atoms with Crippen molar-refractivity contribution in [2.24, 2.45) is 0 Å². The third-order valence-corrected chi connectivity index (χ3v) is 3.40. The molecule has 1 aromatic heterocycles. The van der Waals surface area contributed by atoms with Crippen molar-refractivity contribution in [1.29, 1.82) is 0 Å². The van der Waals surface area contributed by atoms with Crippen molar-refractivity contribution in [3.63, 3.8) is 0 Å². The number of hydrogen-bond acceptors (Lipinski definition) is 4. The van der Waals surface area contributed by atoms with Gasteiger partial charge in [0.2, 0.25) is 5.95 Å². The van der Waals surface area contributed by atoms with Crippen molar-refractivity contribution in [2.45, 2.75) is 32.4 Å². The molecule has 1 aliphatic rings. The highest BCUT2D eigenvalue weighted by molar-refractivity contribution is 6.30. The normalized spacial score (nSPS) is 14.1. The summed E-state index contributed by atoms with van der Waals surface area (Å²) in [7, 11) is 0. The zero-order valence-corrected chi connectivity index (χ0v) is 12.1. The molecule has 0 radical (unpaired) electrons. The SMILES string of the molecule is Cc1cc(NCc2ccc(Cl)cc2)nc(NC2CC2)n1. The van der Waals surface area contributed by atoms with Crippen molar-refractivity contribution in [1.82, 2.24) is 9.97 Å². The Morgan fingerprint density at radius 1 is 1.20 bits per heavy atom. The molecule has 1 heterocycles. The van der Waals surface area contributed by atoms with Gasteiger partial charge in [0.15, 0.2) is 0 Å². The summed E-state index contributed by atoms with van der Waals surface area (Å²) in [5.74, 6) is 1.56. The van der Waals surface area contributed by atoms with Crippen LogP contribution in [0.4, 0.5) is 11.8 Å². The van der Waals surface area contributed by atoms with Crippen LogP contribution in [0.3, 0.4) is 0 Å². The molecule has 1 aliphatic carbocycles. The van der Waals surface area contributed by atoms with E-state index in [1.165, 1.54) is 18.4 Å². The molecule has 0 saturated heterocycles. The third-order valence-electron chi connectivity index (χ3n) is 3.15. The molecular formula is C15H17ClN4. The minimum absolute atomic E-state index is 0.556. The zero-order valence-electron chi connectivity index (χ0n) is 11.4. The van der Waals surface area contributed by atoms with E-state index in [9.17, 15) is 0 Å². The maximum Gasteiger partial charge on any atom is 0.225 e. The van der Waals surface area contributed by atoms with Gasteiger partial charge < -0.3 is 10.6 Å². The fraction of sp³-hybridized carbons (Fsp3) is 0.333. The Hall–Kier alpha value is -1.81. The smallest absolute Gasteiger partial charge is 0.225 e. The van der Waals surface area contributed by atoms with Crippen molar-refractivity contribution in [3.8, 4) is 0 Å². The molecule has 5 heteroatoms. The number of aromatic nitrogens is 2. The lowest BCUT2D eigenvalue weighted by Crippen LogP contribution is -2.09. The Kier molecular flexibility index (Phi) is 3.74. The molecule has 20 heavy (non-hydrogen) atoms. The molecule has 1 saturated carbocycles. The number of benzene rings is 1. The van der Waals surface area contributed by atoms with E-state index in [-0.39, 0.29) is 0 Å². The van der Waals surface area contributed by atoms with Crippen molar-refractivity contribution in [3.05, 3.63) is 46.6 Å². The number of nitrogens with zero attached hydrogens (tertiary/aromatic N) is 2. The van der Waals surface area contributed by atoms with Gasteiger partial charge in [-0.15, -0.1) is 0 Å². The minimum Gasteiger partial charge on any atom is -0.366 e. The quantitative estimate of drug-likeness (QED) is 0.882. The van der Waals surface area contributed by atoms with E-state index >= 15 is 0 Å². The molecule has 0 atom stereocenters. The van der Waals surface area contributed by atoms with E-state index in [1.54, 1.807) is 0 Å². The number of rotatable bonds is 5. The molecule has 1 fully saturated rings. The van der Waals surface area contributed by atoms with Gasteiger partial charge in [-0.05, 0) is 37.5 Å². The van der Waals surface area contributed by atoms with E-state index in [4.69, 9.17) is 11.6 Å². The summed E-state index contributed by atoms with van der Waals surface area (Å²) >= 11 is 5.88. The molecule has 0 unspecified atom stereocenters. The largest absolute Gasteiger partial charge is 0.366 e. The van der Waals surface area contributed by atoms with Crippen LogP contribution in [-0.2, 0) is 6.54 Å². The van der Waals surface area contributed by atoms with Crippen LogP contribution in [0.5, 0.6) is 0 Å². The molecule has 2 N–H and O–H groups in total. The van der Waals surface area contributed by atoms with E-state index in [0.717, 1.165) is 23.1 Å². The molecular weight excluding hydrogens is 272 g/mol. The topological polar surface area (TPSA) is 49.8 Å². The van der Waals surface area contributed by atoms with Gasteiger partial charge in [-0.2, -0.15) is 4.98 Å². The van der Waals surface area contributed by atoms with E-state index in [1.807, 2.05) is 37.3 Å².